The van der Waals surface area contributed by atoms with Gasteiger partial charge in [0.25, 0.3) is 0 Å². The van der Waals surface area contributed by atoms with Crippen LogP contribution in [0.15, 0.2) is 0 Å². The topological polar surface area (TPSA) is 78.4 Å². The van der Waals surface area contributed by atoms with Crippen LogP contribution in [0.3, 0.4) is 0 Å². The molecule has 0 radical (unpaired) electrons. The number of aliphatic carboxylic acids is 1. The molecule has 1 aliphatic rings. The van der Waals surface area contributed by atoms with Crippen molar-refractivity contribution in [3.63, 3.8) is 0 Å². The largest absolute Gasteiger partial charge is 0.481 e. The van der Waals surface area contributed by atoms with Crippen LogP contribution in [0.25, 0.3) is 0 Å². The number of carboxylic acid groups (broad SMARTS) is 1. The minimum absolute atomic E-state index is 0.0579. The van der Waals surface area contributed by atoms with Crippen molar-refractivity contribution in [2.24, 2.45) is 23.2 Å². The van der Waals surface area contributed by atoms with Crippen LogP contribution in [-0.4, -0.2) is 36.6 Å². The third-order valence-electron chi connectivity index (χ3n) is 4.58. The van der Waals surface area contributed by atoms with Gasteiger partial charge in [0.2, 0.25) is 5.91 Å². The maximum atomic E-state index is 12.1. The van der Waals surface area contributed by atoms with Gasteiger partial charge in [-0.25, -0.2) is 0 Å². The fraction of sp³-hybridized carbons (Fsp3) is 0.875. The Balaban J connectivity index is 2.38. The van der Waals surface area contributed by atoms with Gasteiger partial charge in [-0.1, -0.05) is 27.7 Å². The summed E-state index contributed by atoms with van der Waals surface area (Å²) in [5.41, 5.74) is 0.0579. The number of carboxylic acids is 1. The zero-order chi connectivity index (χ0) is 16.0. The van der Waals surface area contributed by atoms with Crippen LogP contribution in [0, 0.1) is 23.2 Å². The molecule has 1 unspecified atom stereocenters. The average molecular weight is 298 g/mol. The van der Waals surface area contributed by atoms with Crippen molar-refractivity contribution in [2.45, 2.75) is 47.0 Å². The maximum Gasteiger partial charge on any atom is 0.303 e. The third kappa shape index (κ3) is 6.04. The third-order valence-corrected chi connectivity index (χ3v) is 4.58. The molecule has 0 saturated carbocycles. The summed E-state index contributed by atoms with van der Waals surface area (Å²) < 4.78 is 0. The van der Waals surface area contributed by atoms with E-state index in [0.29, 0.717) is 24.8 Å². The van der Waals surface area contributed by atoms with E-state index >= 15 is 0 Å². The molecule has 0 aromatic rings. The minimum Gasteiger partial charge on any atom is -0.481 e. The van der Waals surface area contributed by atoms with E-state index in [4.69, 9.17) is 5.11 Å². The first-order valence-corrected chi connectivity index (χ1v) is 7.92. The van der Waals surface area contributed by atoms with Crippen LogP contribution in [0.2, 0.25) is 0 Å². The summed E-state index contributed by atoms with van der Waals surface area (Å²) in [5.74, 6) is 0.123. The van der Waals surface area contributed by atoms with Crippen molar-refractivity contribution in [1.29, 1.82) is 0 Å². The summed E-state index contributed by atoms with van der Waals surface area (Å²) in [6.07, 6.45) is 1.69. The molecule has 5 nitrogen and oxygen atoms in total. The molecule has 3 N–H and O–H groups in total. The smallest absolute Gasteiger partial charge is 0.303 e. The molecule has 1 heterocycles. The Bertz CT molecular complexity index is 363. The molecule has 1 fully saturated rings. The van der Waals surface area contributed by atoms with Gasteiger partial charge in [0, 0.05) is 19.5 Å². The van der Waals surface area contributed by atoms with Crippen LogP contribution in [0.1, 0.15) is 47.0 Å². The first kappa shape index (κ1) is 18.0. The number of carbonyl (C=O) groups excluding carboxylic acids is 1. The van der Waals surface area contributed by atoms with Gasteiger partial charge in [0.15, 0.2) is 0 Å². The highest BCUT2D eigenvalue weighted by Crippen LogP contribution is 2.32. The van der Waals surface area contributed by atoms with Crippen molar-refractivity contribution in [1.82, 2.24) is 10.6 Å². The average Bonchev–Trinajstić information content (AvgIpc) is 2.77. The summed E-state index contributed by atoms with van der Waals surface area (Å²) >= 11 is 0. The van der Waals surface area contributed by atoms with Crippen molar-refractivity contribution < 1.29 is 14.7 Å². The lowest BCUT2D eigenvalue weighted by Crippen LogP contribution is -2.36. The Kier molecular flexibility index (Phi) is 6.65. The molecule has 0 aromatic heterocycles. The second-order valence-electron chi connectivity index (χ2n) is 7.32. The number of amides is 1. The SMILES string of the molecule is C[C@@H]1CNC[C@H]1C(=O)NCCC(CCC(=O)O)C(C)(C)C. The van der Waals surface area contributed by atoms with Gasteiger partial charge < -0.3 is 15.7 Å². The molecule has 1 saturated heterocycles. The standard InChI is InChI=1S/C16H30N2O3/c1-11-9-17-10-13(11)15(21)18-8-7-12(16(2,3)4)5-6-14(19)20/h11-13,17H,5-10H2,1-4H3,(H,18,21)(H,19,20)/t11-,12?,13-/m1/s1. The van der Waals surface area contributed by atoms with E-state index in [1.54, 1.807) is 0 Å². The quantitative estimate of drug-likeness (QED) is 0.670. The van der Waals surface area contributed by atoms with Gasteiger partial charge in [0.1, 0.15) is 0 Å². The molecule has 0 spiro atoms. The fourth-order valence-corrected chi connectivity index (χ4v) is 2.97. The predicted molar refractivity (Wildman–Crippen MR) is 83.0 cm³/mol. The normalized spacial score (nSPS) is 23.8. The van der Waals surface area contributed by atoms with E-state index < -0.39 is 5.97 Å². The monoisotopic (exact) mass is 298 g/mol. The molecule has 21 heavy (non-hydrogen) atoms. The first-order chi connectivity index (χ1) is 9.71. The first-order valence-electron chi connectivity index (χ1n) is 7.92. The summed E-state index contributed by atoms with van der Waals surface area (Å²) in [6.45, 7) is 10.8. The van der Waals surface area contributed by atoms with E-state index in [9.17, 15) is 9.59 Å². The molecule has 0 aromatic carbocycles. The van der Waals surface area contributed by atoms with E-state index in [1.165, 1.54) is 0 Å². The Morgan fingerprint density at radius 3 is 2.43 bits per heavy atom. The van der Waals surface area contributed by atoms with E-state index in [0.717, 1.165) is 19.5 Å². The lowest BCUT2D eigenvalue weighted by atomic mass is 9.76. The van der Waals surface area contributed by atoms with Crippen LogP contribution in [-0.2, 0) is 9.59 Å². The number of rotatable bonds is 7. The molecular formula is C16H30N2O3. The second-order valence-corrected chi connectivity index (χ2v) is 7.32. The molecular weight excluding hydrogens is 268 g/mol. The predicted octanol–water partition coefficient (Wildman–Crippen LogP) is 1.88. The molecule has 1 rings (SSSR count). The molecule has 5 heteroatoms. The summed E-state index contributed by atoms with van der Waals surface area (Å²) in [6, 6.07) is 0. The van der Waals surface area contributed by atoms with E-state index in [2.05, 4.69) is 38.3 Å². The van der Waals surface area contributed by atoms with Gasteiger partial charge in [0.05, 0.1) is 5.92 Å². The molecule has 122 valence electrons. The zero-order valence-electron chi connectivity index (χ0n) is 13.7. The van der Waals surface area contributed by atoms with Crippen LogP contribution < -0.4 is 10.6 Å². The lowest BCUT2D eigenvalue weighted by molar-refractivity contribution is -0.137. The number of carbonyl (C=O) groups is 2. The molecule has 1 amide bonds. The highest BCUT2D eigenvalue weighted by Gasteiger charge is 2.30. The van der Waals surface area contributed by atoms with Crippen molar-refractivity contribution in [3.05, 3.63) is 0 Å². The number of hydrogen-bond donors (Lipinski definition) is 3. The van der Waals surface area contributed by atoms with Crippen molar-refractivity contribution in [2.75, 3.05) is 19.6 Å². The Hall–Kier alpha value is -1.10. The minimum atomic E-state index is -0.751. The molecule has 1 aliphatic heterocycles. The van der Waals surface area contributed by atoms with E-state index in [1.807, 2.05) is 0 Å². The number of nitrogens with one attached hydrogen (secondary N) is 2. The molecule has 0 aliphatic carbocycles. The van der Waals surface area contributed by atoms with Gasteiger partial charge >= 0.3 is 5.97 Å². The Morgan fingerprint density at radius 1 is 1.29 bits per heavy atom. The van der Waals surface area contributed by atoms with Gasteiger partial charge in [-0.15, -0.1) is 0 Å². The zero-order valence-corrected chi connectivity index (χ0v) is 13.7. The van der Waals surface area contributed by atoms with Crippen LogP contribution >= 0.6 is 0 Å². The van der Waals surface area contributed by atoms with Gasteiger partial charge in [-0.2, -0.15) is 0 Å². The maximum absolute atomic E-state index is 12.1. The highest BCUT2D eigenvalue weighted by molar-refractivity contribution is 5.79. The van der Waals surface area contributed by atoms with Gasteiger partial charge in [-0.3, -0.25) is 9.59 Å². The highest BCUT2D eigenvalue weighted by atomic mass is 16.4. The Morgan fingerprint density at radius 2 is 1.95 bits per heavy atom. The number of hydrogen-bond acceptors (Lipinski definition) is 3. The van der Waals surface area contributed by atoms with Crippen molar-refractivity contribution >= 4 is 11.9 Å². The fourth-order valence-electron chi connectivity index (χ4n) is 2.97. The summed E-state index contributed by atoms with van der Waals surface area (Å²) in [7, 11) is 0. The van der Waals surface area contributed by atoms with Crippen LogP contribution in [0.5, 0.6) is 0 Å². The molecule has 0 bridgehead atoms. The lowest BCUT2D eigenvalue weighted by Gasteiger charge is -2.30. The second kappa shape index (κ2) is 7.78. The summed E-state index contributed by atoms with van der Waals surface area (Å²) in [4.78, 5) is 22.9. The van der Waals surface area contributed by atoms with Gasteiger partial charge in [-0.05, 0) is 36.6 Å². The Labute approximate surface area is 127 Å². The summed E-state index contributed by atoms with van der Waals surface area (Å²) in [5, 5.41) is 15.1. The van der Waals surface area contributed by atoms with Crippen LogP contribution in [0.4, 0.5) is 0 Å². The van der Waals surface area contributed by atoms with Crippen molar-refractivity contribution in [3.8, 4) is 0 Å². The molecule has 3 atom stereocenters. The van der Waals surface area contributed by atoms with E-state index in [-0.39, 0.29) is 23.7 Å².